The SMILES string of the molecule is CC(N)C1(C2C(=O)Nc3ccccc3N2C(=O)c2ccc([N+](=O)[O-])cc2)C(=O)c2ccccc2C1=O. The Balaban J connectivity index is 1.73. The standard InChI is InChI=1S/C26H20N4O6/c1-14(27)26(22(31)17-6-2-3-7-18(17)23(26)32)21-24(33)28-19-8-4-5-9-20(19)29(21)25(34)15-10-12-16(13-11-15)30(35)36/h2-14,21H,27H2,1H3,(H,28,33). The third kappa shape index (κ3) is 3.08. The van der Waals surface area contributed by atoms with Gasteiger partial charge in [0.1, 0.15) is 11.5 Å². The number of benzene rings is 3. The average molecular weight is 484 g/mol. The number of nitrogens with two attached hydrogens (primary N) is 1. The van der Waals surface area contributed by atoms with E-state index in [1.54, 1.807) is 36.4 Å². The number of carbonyl (C=O) groups excluding carboxylic acids is 4. The highest BCUT2D eigenvalue weighted by atomic mass is 16.6. The zero-order chi connectivity index (χ0) is 25.8. The molecule has 10 heteroatoms. The number of hydrogen-bond acceptors (Lipinski definition) is 7. The van der Waals surface area contributed by atoms with Gasteiger partial charge >= 0.3 is 0 Å². The molecule has 3 aromatic carbocycles. The molecule has 0 spiro atoms. The van der Waals surface area contributed by atoms with Crippen LogP contribution in [-0.2, 0) is 4.79 Å². The molecule has 0 bridgehead atoms. The van der Waals surface area contributed by atoms with Gasteiger partial charge in [-0.25, -0.2) is 0 Å². The van der Waals surface area contributed by atoms with Gasteiger partial charge in [-0.3, -0.25) is 34.2 Å². The molecule has 0 radical (unpaired) electrons. The number of anilines is 2. The third-order valence-electron chi connectivity index (χ3n) is 6.79. The van der Waals surface area contributed by atoms with E-state index in [4.69, 9.17) is 5.73 Å². The number of amides is 2. The van der Waals surface area contributed by atoms with Crippen LogP contribution in [0.15, 0.2) is 72.8 Å². The largest absolute Gasteiger partial charge is 0.327 e. The van der Waals surface area contributed by atoms with Crippen molar-refractivity contribution in [3.05, 3.63) is 99.6 Å². The second kappa shape index (κ2) is 8.21. The second-order valence-corrected chi connectivity index (χ2v) is 8.75. The molecule has 3 aromatic rings. The van der Waals surface area contributed by atoms with E-state index in [-0.39, 0.29) is 28.1 Å². The molecule has 3 N–H and O–H groups in total. The van der Waals surface area contributed by atoms with Crippen molar-refractivity contribution >= 4 is 40.4 Å². The monoisotopic (exact) mass is 484 g/mol. The Morgan fingerprint density at radius 1 is 0.972 bits per heavy atom. The highest BCUT2D eigenvalue weighted by molar-refractivity contribution is 6.34. The summed E-state index contributed by atoms with van der Waals surface area (Å²) in [6.07, 6.45) is 0. The number of carbonyl (C=O) groups is 4. The maximum atomic E-state index is 13.9. The van der Waals surface area contributed by atoms with E-state index in [1.165, 1.54) is 43.3 Å². The fraction of sp³-hybridized carbons (Fsp3) is 0.154. The molecule has 1 aliphatic heterocycles. The second-order valence-electron chi connectivity index (χ2n) is 8.75. The van der Waals surface area contributed by atoms with Gasteiger partial charge in [-0.15, -0.1) is 0 Å². The van der Waals surface area contributed by atoms with Gasteiger partial charge in [0.05, 0.1) is 16.3 Å². The van der Waals surface area contributed by atoms with Crippen LogP contribution in [0.1, 0.15) is 38.0 Å². The number of fused-ring (bicyclic) bond motifs is 2. The summed E-state index contributed by atoms with van der Waals surface area (Å²) in [6.45, 7) is 1.46. The molecule has 0 fully saturated rings. The minimum absolute atomic E-state index is 0.0327. The zero-order valence-corrected chi connectivity index (χ0v) is 19.0. The van der Waals surface area contributed by atoms with Crippen LogP contribution in [0.25, 0.3) is 0 Å². The lowest BCUT2D eigenvalue weighted by Crippen LogP contribution is -2.68. The summed E-state index contributed by atoms with van der Waals surface area (Å²) in [4.78, 5) is 66.9. The van der Waals surface area contributed by atoms with Crippen LogP contribution in [0, 0.1) is 15.5 Å². The van der Waals surface area contributed by atoms with E-state index in [0.29, 0.717) is 5.69 Å². The number of nitrogens with zero attached hydrogens (tertiary/aromatic N) is 2. The number of para-hydroxylation sites is 2. The number of rotatable bonds is 4. The van der Waals surface area contributed by atoms with E-state index in [9.17, 15) is 29.3 Å². The molecule has 0 saturated carbocycles. The first-order valence-electron chi connectivity index (χ1n) is 11.1. The molecule has 1 aliphatic carbocycles. The van der Waals surface area contributed by atoms with Gasteiger partial charge < -0.3 is 11.1 Å². The normalized spacial score (nSPS) is 18.8. The Morgan fingerprint density at radius 3 is 2.08 bits per heavy atom. The van der Waals surface area contributed by atoms with Gasteiger partial charge in [0.25, 0.3) is 11.6 Å². The molecule has 5 rings (SSSR count). The summed E-state index contributed by atoms with van der Waals surface area (Å²) in [5.41, 5.74) is 4.90. The smallest absolute Gasteiger partial charge is 0.269 e. The van der Waals surface area contributed by atoms with Crippen LogP contribution >= 0.6 is 0 Å². The fourth-order valence-electron chi connectivity index (χ4n) is 5.09. The molecule has 10 nitrogen and oxygen atoms in total. The quantitative estimate of drug-likeness (QED) is 0.328. The highest BCUT2D eigenvalue weighted by Gasteiger charge is 2.65. The van der Waals surface area contributed by atoms with Crippen LogP contribution in [0.3, 0.4) is 0 Å². The summed E-state index contributed by atoms with van der Waals surface area (Å²) < 4.78 is 0. The van der Waals surface area contributed by atoms with Crippen molar-refractivity contribution in [1.82, 2.24) is 0 Å². The van der Waals surface area contributed by atoms with Crippen molar-refractivity contribution in [1.29, 1.82) is 0 Å². The minimum Gasteiger partial charge on any atom is -0.327 e. The predicted molar refractivity (Wildman–Crippen MR) is 130 cm³/mol. The first-order chi connectivity index (χ1) is 17.2. The molecule has 1 heterocycles. The van der Waals surface area contributed by atoms with Crippen molar-refractivity contribution in [2.45, 2.75) is 19.0 Å². The number of ketones is 2. The van der Waals surface area contributed by atoms with E-state index >= 15 is 0 Å². The topological polar surface area (TPSA) is 153 Å². The van der Waals surface area contributed by atoms with E-state index < -0.39 is 45.8 Å². The molecule has 180 valence electrons. The summed E-state index contributed by atoms with van der Waals surface area (Å²) in [6, 6.07) is 14.8. The number of hydrogen-bond donors (Lipinski definition) is 2. The lowest BCUT2D eigenvalue weighted by Gasteiger charge is -2.45. The van der Waals surface area contributed by atoms with E-state index in [0.717, 1.165) is 4.90 Å². The Morgan fingerprint density at radius 2 is 1.53 bits per heavy atom. The summed E-state index contributed by atoms with van der Waals surface area (Å²) in [7, 11) is 0. The van der Waals surface area contributed by atoms with Gasteiger partial charge in [0, 0.05) is 34.9 Å². The molecule has 36 heavy (non-hydrogen) atoms. The van der Waals surface area contributed by atoms with Crippen LogP contribution < -0.4 is 16.0 Å². The van der Waals surface area contributed by atoms with Crippen molar-refractivity contribution in [2.75, 3.05) is 10.2 Å². The Bertz CT molecular complexity index is 1430. The first-order valence-corrected chi connectivity index (χ1v) is 11.1. The predicted octanol–water partition coefficient (Wildman–Crippen LogP) is 2.98. The maximum absolute atomic E-state index is 13.9. The van der Waals surface area contributed by atoms with Crippen LogP contribution in [0.4, 0.5) is 17.1 Å². The highest BCUT2D eigenvalue weighted by Crippen LogP contribution is 2.47. The Labute approximate surface area is 204 Å². The number of Topliss-reactive ketones (excluding diaryl/α,β-unsaturated/α-hetero) is 2. The van der Waals surface area contributed by atoms with Crippen molar-refractivity contribution in [3.63, 3.8) is 0 Å². The van der Waals surface area contributed by atoms with Crippen molar-refractivity contribution in [3.8, 4) is 0 Å². The summed E-state index contributed by atoms with van der Waals surface area (Å²) in [5, 5.41) is 13.8. The fourth-order valence-corrected chi connectivity index (χ4v) is 5.09. The van der Waals surface area contributed by atoms with E-state index in [2.05, 4.69) is 5.32 Å². The molecular weight excluding hydrogens is 464 g/mol. The number of non-ortho nitro benzene ring substituents is 1. The van der Waals surface area contributed by atoms with Crippen molar-refractivity contribution < 1.29 is 24.1 Å². The molecule has 0 saturated heterocycles. The average Bonchev–Trinajstić information content (AvgIpc) is 3.10. The van der Waals surface area contributed by atoms with Gasteiger partial charge in [-0.1, -0.05) is 36.4 Å². The number of nitro benzene ring substituents is 1. The molecule has 2 atom stereocenters. The Kier molecular flexibility index (Phi) is 5.26. The Hall–Kier alpha value is -4.70. The van der Waals surface area contributed by atoms with Crippen LogP contribution in [-0.4, -0.2) is 40.4 Å². The summed E-state index contributed by atoms with van der Waals surface area (Å²) >= 11 is 0. The molecule has 2 amide bonds. The van der Waals surface area contributed by atoms with Crippen LogP contribution in [0.2, 0.25) is 0 Å². The maximum Gasteiger partial charge on any atom is 0.269 e. The van der Waals surface area contributed by atoms with Gasteiger partial charge in [0.15, 0.2) is 11.6 Å². The number of nitro groups is 1. The van der Waals surface area contributed by atoms with E-state index in [1.807, 2.05) is 0 Å². The van der Waals surface area contributed by atoms with Gasteiger partial charge in [0.2, 0.25) is 5.91 Å². The molecule has 0 aromatic heterocycles. The summed E-state index contributed by atoms with van der Waals surface area (Å²) in [5.74, 6) is -2.73. The minimum atomic E-state index is -2.09. The molecule has 2 aliphatic rings. The lowest BCUT2D eigenvalue weighted by molar-refractivity contribution is -0.384. The molecular formula is C26H20N4O6. The van der Waals surface area contributed by atoms with Gasteiger partial charge in [-0.2, -0.15) is 0 Å². The number of nitrogens with one attached hydrogen (secondary N) is 1. The molecule has 2 unspecified atom stereocenters. The third-order valence-corrected chi connectivity index (χ3v) is 6.79. The zero-order valence-electron chi connectivity index (χ0n) is 19.0. The van der Waals surface area contributed by atoms with Crippen LogP contribution in [0.5, 0.6) is 0 Å². The lowest BCUT2D eigenvalue weighted by atomic mass is 9.68. The first kappa shape index (κ1) is 23.1. The van der Waals surface area contributed by atoms with Gasteiger partial charge in [-0.05, 0) is 31.2 Å². The van der Waals surface area contributed by atoms with Crippen molar-refractivity contribution in [2.24, 2.45) is 11.1 Å².